The fourth-order valence-corrected chi connectivity index (χ4v) is 3.32. The van der Waals surface area contributed by atoms with E-state index < -0.39 is 0 Å². The van der Waals surface area contributed by atoms with Crippen molar-refractivity contribution >= 4 is 33.6 Å². The summed E-state index contributed by atoms with van der Waals surface area (Å²) in [5.74, 6) is 1.46. The van der Waals surface area contributed by atoms with E-state index in [1.54, 1.807) is 13.1 Å². The molecule has 2 aliphatic heterocycles. The zero-order valence-corrected chi connectivity index (χ0v) is 14.8. The average Bonchev–Trinajstić information content (AvgIpc) is 3.00. The first kappa shape index (κ1) is 16.2. The summed E-state index contributed by atoms with van der Waals surface area (Å²) in [6.07, 6.45) is 5.59. The van der Waals surface area contributed by atoms with Crippen molar-refractivity contribution in [2.24, 2.45) is 10.9 Å². The lowest BCUT2D eigenvalue weighted by molar-refractivity contribution is -0.130. The minimum absolute atomic E-state index is 0.167. The van der Waals surface area contributed by atoms with Crippen molar-refractivity contribution in [2.75, 3.05) is 26.2 Å². The van der Waals surface area contributed by atoms with E-state index in [0.29, 0.717) is 19.1 Å². The molecule has 3 rings (SSSR count). The first-order valence-electron chi connectivity index (χ1n) is 7.86. The molecular weight excluding hydrogens is 358 g/mol. The summed E-state index contributed by atoms with van der Waals surface area (Å²) in [7, 11) is 0. The molecule has 0 atom stereocenters. The molecule has 2 aliphatic rings. The first-order chi connectivity index (χ1) is 11.1. The maximum Gasteiger partial charge on any atom is 0.219 e. The van der Waals surface area contributed by atoms with Crippen molar-refractivity contribution < 1.29 is 9.53 Å². The van der Waals surface area contributed by atoms with Gasteiger partial charge in [-0.15, -0.1) is 0 Å². The maximum atomic E-state index is 11.3. The lowest BCUT2D eigenvalue weighted by Crippen LogP contribution is -2.38. The lowest BCUT2D eigenvalue weighted by atomic mass is 9.98. The highest BCUT2D eigenvalue weighted by Crippen LogP contribution is 2.26. The average molecular weight is 378 g/mol. The summed E-state index contributed by atoms with van der Waals surface area (Å²) in [6, 6.07) is 3.93. The summed E-state index contributed by atoms with van der Waals surface area (Å²) in [6.45, 7) is 4.66. The maximum absolute atomic E-state index is 11.3. The number of piperidine rings is 1. The van der Waals surface area contributed by atoms with Crippen LogP contribution in [-0.2, 0) is 4.79 Å². The molecule has 3 heterocycles. The quantitative estimate of drug-likeness (QED) is 0.810. The summed E-state index contributed by atoms with van der Waals surface area (Å²) >= 11 is 3.49. The van der Waals surface area contributed by atoms with Crippen LogP contribution < -0.4 is 4.74 Å². The molecule has 1 amide bonds. The van der Waals surface area contributed by atoms with E-state index in [4.69, 9.17) is 4.74 Å². The second-order valence-corrected chi connectivity index (χ2v) is 6.79. The summed E-state index contributed by atoms with van der Waals surface area (Å²) in [4.78, 5) is 21.9. The number of allylic oxidation sites excluding steroid dienone is 1. The predicted molar refractivity (Wildman–Crippen MR) is 93.9 cm³/mol. The molecule has 5 nitrogen and oxygen atoms in total. The standard InChI is InChI=1S/C17H20BrN3O2/c1-12(22)21-6-4-13(5-7-21)11-23-14-2-3-17(20-8-14)15-9-19-10-16(15)18/h2-3,8,10,13H,4-7,9,11H2,1H3. The van der Waals surface area contributed by atoms with E-state index >= 15 is 0 Å². The van der Waals surface area contributed by atoms with E-state index in [1.807, 2.05) is 23.2 Å². The van der Waals surface area contributed by atoms with Gasteiger partial charge in [-0.3, -0.25) is 14.8 Å². The van der Waals surface area contributed by atoms with Crippen LogP contribution in [0.25, 0.3) is 5.57 Å². The van der Waals surface area contributed by atoms with Crippen molar-refractivity contribution in [3.8, 4) is 5.75 Å². The Morgan fingerprint density at radius 1 is 1.39 bits per heavy atom. The van der Waals surface area contributed by atoms with E-state index in [0.717, 1.165) is 47.4 Å². The van der Waals surface area contributed by atoms with Crippen molar-refractivity contribution in [2.45, 2.75) is 19.8 Å². The van der Waals surface area contributed by atoms with Crippen molar-refractivity contribution in [1.29, 1.82) is 0 Å². The van der Waals surface area contributed by atoms with Crippen molar-refractivity contribution in [3.63, 3.8) is 0 Å². The third-order valence-corrected chi connectivity index (χ3v) is 5.02. The molecule has 1 aromatic rings. The van der Waals surface area contributed by atoms with Crippen LogP contribution in [0.15, 0.2) is 27.8 Å². The van der Waals surface area contributed by atoms with Gasteiger partial charge in [-0.25, -0.2) is 0 Å². The molecule has 1 saturated heterocycles. The van der Waals surface area contributed by atoms with Gasteiger partial charge in [0.05, 0.1) is 25.0 Å². The number of hydrogen-bond acceptors (Lipinski definition) is 4. The van der Waals surface area contributed by atoms with Crippen LogP contribution in [0, 0.1) is 5.92 Å². The Balaban J connectivity index is 1.50. The minimum Gasteiger partial charge on any atom is -0.492 e. The Bertz CT molecular complexity index is 632. The highest BCUT2D eigenvalue weighted by atomic mass is 79.9. The fraction of sp³-hybridized carbons (Fsp3) is 0.471. The number of carbonyl (C=O) groups is 1. The van der Waals surface area contributed by atoms with Crippen LogP contribution in [0.5, 0.6) is 5.75 Å². The summed E-state index contributed by atoms with van der Waals surface area (Å²) in [5, 5.41) is 0. The number of halogens is 1. The summed E-state index contributed by atoms with van der Waals surface area (Å²) in [5.41, 5.74) is 2.03. The van der Waals surface area contributed by atoms with Crippen LogP contribution in [0.2, 0.25) is 0 Å². The molecule has 1 aromatic heterocycles. The Labute approximate surface area is 144 Å². The number of carbonyl (C=O) groups excluding carboxylic acids is 1. The zero-order valence-electron chi connectivity index (χ0n) is 13.2. The molecular formula is C17H20BrN3O2. The number of aromatic nitrogens is 1. The van der Waals surface area contributed by atoms with Gasteiger partial charge in [0.15, 0.2) is 0 Å². The van der Waals surface area contributed by atoms with Crippen LogP contribution in [-0.4, -0.2) is 48.2 Å². The first-order valence-corrected chi connectivity index (χ1v) is 8.66. The Morgan fingerprint density at radius 2 is 2.17 bits per heavy atom. The van der Waals surface area contributed by atoms with E-state index in [-0.39, 0.29) is 5.91 Å². The number of rotatable bonds is 4. The van der Waals surface area contributed by atoms with Gasteiger partial charge < -0.3 is 9.64 Å². The SMILES string of the molecule is CC(=O)N1CCC(COc2ccc(C3=C(Br)C=NC3)nc2)CC1. The van der Waals surface area contributed by atoms with Gasteiger partial charge >= 0.3 is 0 Å². The van der Waals surface area contributed by atoms with Crippen LogP contribution in [0.1, 0.15) is 25.5 Å². The van der Waals surface area contributed by atoms with Gasteiger partial charge in [0.25, 0.3) is 0 Å². The third kappa shape index (κ3) is 3.99. The van der Waals surface area contributed by atoms with Crippen molar-refractivity contribution in [3.05, 3.63) is 28.5 Å². The monoisotopic (exact) mass is 377 g/mol. The largest absolute Gasteiger partial charge is 0.492 e. The molecule has 23 heavy (non-hydrogen) atoms. The Morgan fingerprint density at radius 3 is 2.74 bits per heavy atom. The van der Waals surface area contributed by atoms with Gasteiger partial charge in [0, 0.05) is 36.3 Å². The highest BCUT2D eigenvalue weighted by molar-refractivity contribution is 9.12. The third-order valence-electron chi connectivity index (χ3n) is 4.33. The molecule has 0 spiro atoms. The van der Waals surface area contributed by atoms with Crippen molar-refractivity contribution in [1.82, 2.24) is 9.88 Å². The van der Waals surface area contributed by atoms with Crippen LogP contribution in [0.3, 0.4) is 0 Å². The van der Waals surface area contributed by atoms with E-state index in [1.165, 1.54) is 0 Å². The number of ether oxygens (including phenoxy) is 1. The number of nitrogens with zero attached hydrogens (tertiary/aromatic N) is 3. The van der Waals surface area contributed by atoms with Crippen LogP contribution >= 0.6 is 15.9 Å². The number of pyridine rings is 1. The molecule has 6 heteroatoms. The molecule has 0 radical (unpaired) electrons. The number of likely N-dealkylation sites (tertiary alicyclic amines) is 1. The molecule has 0 unspecified atom stereocenters. The number of amides is 1. The predicted octanol–water partition coefficient (Wildman–Crippen LogP) is 2.91. The molecule has 0 aliphatic carbocycles. The number of aliphatic imine (C=N–C) groups is 1. The number of hydrogen-bond donors (Lipinski definition) is 0. The van der Waals surface area contributed by atoms with Gasteiger partial charge in [0.1, 0.15) is 5.75 Å². The second kappa shape index (κ2) is 7.25. The van der Waals surface area contributed by atoms with Crippen LogP contribution in [0.4, 0.5) is 0 Å². The Hall–Kier alpha value is -1.69. The molecule has 0 N–H and O–H groups in total. The molecule has 0 saturated carbocycles. The zero-order chi connectivity index (χ0) is 16.2. The Kier molecular flexibility index (Phi) is 5.10. The van der Waals surface area contributed by atoms with E-state index in [9.17, 15) is 4.79 Å². The lowest BCUT2D eigenvalue weighted by Gasteiger charge is -2.31. The molecule has 1 fully saturated rings. The molecule has 122 valence electrons. The smallest absolute Gasteiger partial charge is 0.219 e. The molecule has 0 bridgehead atoms. The second-order valence-electron chi connectivity index (χ2n) is 5.94. The fourth-order valence-electron chi connectivity index (χ4n) is 2.85. The minimum atomic E-state index is 0.167. The van der Waals surface area contributed by atoms with Gasteiger partial charge in [-0.05, 0) is 46.8 Å². The summed E-state index contributed by atoms with van der Waals surface area (Å²) < 4.78 is 6.86. The molecule has 0 aromatic carbocycles. The van der Waals surface area contributed by atoms with E-state index in [2.05, 4.69) is 25.9 Å². The van der Waals surface area contributed by atoms with Gasteiger partial charge in [-0.1, -0.05) is 0 Å². The highest BCUT2D eigenvalue weighted by Gasteiger charge is 2.21. The van der Waals surface area contributed by atoms with Gasteiger partial charge in [-0.2, -0.15) is 0 Å². The normalized spacial score (nSPS) is 18.6. The topological polar surface area (TPSA) is 54.8 Å². The van der Waals surface area contributed by atoms with Gasteiger partial charge in [0.2, 0.25) is 5.91 Å².